The van der Waals surface area contributed by atoms with Crippen molar-refractivity contribution in [1.29, 1.82) is 0 Å². The molecule has 0 bridgehead atoms. The average molecular weight is 313 g/mol. The fourth-order valence-electron chi connectivity index (χ4n) is 2.64. The van der Waals surface area contributed by atoms with Gasteiger partial charge in [0.2, 0.25) is 5.91 Å². The van der Waals surface area contributed by atoms with Gasteiger partial charge in [-0.2, -0.15) is 13.2 Å². The summed E-state index contributed by atoms with van der Waals surface area (Å²) in [5, 5.41) is 2.49. The number of pyridine rings is 1. The van der Waals surface area contributed by atoms with Crippen LogP contribution in [0.4, 0.5) is 13.2 Å². The molecule has 1 N–H and O–H groups in total. The summed E-state index contributed by atoms with van der Waals surface area (Å²) in [6, 6.07) is 1.71. The van der Waals surface area contributed by atoms with Gasteiger partial charge in [-0.15, -0.1) is 0 Å². The van der Waals surface area contributed by atoms with E-state index in [-0.39, 0.29) is 18.4 Å². The van der Waals surface area contributed by atoms with Crippen molar-refractivity contribution in [3.05, 3.63) is 29.6 Å². The lowest BCUT2D eigenvalue weighted by atomic mass is 10.1. The number of likely N-dealkylation sites (tertiary alicyclic amines) is 1. The minimum absolute atomic E-state index is 0.0649. The lowest BCUT2D eigenvalue weighted by Crippen LogP contribution is -2.38. The summed E-state index contributed by atoms with van der Waals surface area (Å²) < 4.78 is 38.6. The highest BCUT2D eigenvalue weighted by Crippen LogP contribution is 2.32. The number of aromatic nitrogens is 1. The zero-order chi connectivity index (χ0) is 15.9. The van der Waals surface area contributed by atoms with Gasteiger partial charge in [0.1, 0.15) is 5.69 Å². The van der Waals surface area contributed by atoms with Crippen LogP contribution in [0.15, 0.2) is 18.3 Å². The van der Waals surface area contributed by atoms with Crippen LogP contribution in [0.1, 0.15) is 35.3 Å². The standard InChI is InChI=1S/C14H14F3N3O2/c15-14(16,17)10-2-1-5-18-12(10)13(22)19-8-6-11(21)20(7-8)9-3-4-9/h1-2,5,8-9H,3-4,6-7H2,(H,19,22). The first-order valence-electron chi connectivity index (χ1n) is 6.99. The lowest BCUT2D eigenvalue weighted by Gasteiger charge is -2.17. The van der Waals surface area contributed by atoms with Gasteiger partial charge in [0.05, 0.1) is 11.6 Å². The molecule has 1 aromatic rings. The maximum atomic E-state index is 12.9. The van der Waals surface area contributed by atoms with E-state index in [9.17, 15) is 22.8 Å². The highest BCUT2D eigenvalue weighted by atomic mass is 19.4. The highest BCUT2D eigenvalue weighted by molar-refractivity contribution is 5.94. The Bertz CT molecular complexity index is 614. The molecule has 2 aliphatic rings. The quantitative estimate of drug-likeness (QED) is 0.922. The van der Waals surface area contributed by atoms with Crippen LogP contribution in [0.5, 0.6) is 0 Å². The zero-order valence-electron chi connectivity index (χ0n) is 11.6. The zero-order valence-corrected chi connectivity index (χ0v) is 11.6. The molecule has 0 radical (unpaired) electrons. The van der Waals surface area contributed by atoms with Crippen LogP contribution in [0.3, 0.4) is 0 Å². The Hall–Kier alpha value is -2.12. The first-order chi connectivity index (χ1) is 10.4. The minimum Gasteiger partial charge on any atom is -0.346 e. The van der Waals surface area contributed by atoms with E-state index in [1.165, 1.54) is 0 Å². The number of alkyl halides is 3. The van der Waals surface area contributed by atoms with Gasteiger partial charge in [0, 0.05) is 25.2 Å². The summed E-state index contributed by atoms with van der Waals surface area (Å²) in [7, 11) is 0. The number of nitrogens with zero attached hydrogens (tertiary/aromatic N) is 2. The molecule has 8 heteroatoms. The minimum atomic E-state index is -4.65. The van der Waals surface area contributed by atoms with Crippen molar-refractivity contribution >= 4 is 11.8 Å². The molecule has 0 aromatic carbocycles. The Morgan fingerprint density at radius 2 is 2.09 bits per heavy atom. The maximum absolute atomic E-state index is 12.9. The Labute approximate surface area is 124 Å². The second-order valence-corrected chi connectivity index (χ2v) is 5.55. The molecule has 5 nitrogen and oxygen atoms in total. The van der Waals surface area contributed by atoms with Crippen molar-refractivity contribution < 1.29 is 22.8 Å². The van der Waals surface area contributed by atoms with Crippen molar-refractivity contribution in [3.8, 4) is 0 Å². The molecule has 2 heterocycles. The van der Waals surface area contributed by atoms with Crippen molar-refractivity contribution in [2.24, 2.45) is 0 Å². The van der Waals surface area contributed by atoms with Crippen molar-refractivity contribution in [2.75, 3.05) is 6.54 Å². The Balaban J connectivity index is 1.72. The molecule has 2 fully saturated rings. The van der Waals surface area contributed by atoms with Crippen molar-refractivity contribution in [2.45, 2.75) is 37.5 Å². The molecule has 22 heavy (non-hydrogen) atoms. The van der Waals surface area contributed by atoms with Crippen LogP contribution < -0.4 is 5.32 Å². The molecule has 118 valence electrons. The Kier molecular flexibility index (Phi) is 3.54. The third kappa shape index (κ3) is 2.90. The van der Waals surface area contributed by atoms with Gasteiger partial charge in [0.15, 0.2) is 0 Å². The van der Waals surface area contributed by atoms with Gasteiger partial charge in [-0.1, -0.05) is 0 Å². The normalized spacial score (nSPS) is 22.0. The average Bonchev–Trinajstić information content (AvgIpc) is 3.22. The number of carbonyl (C=O) groups excluding carboxylic acids is 2. The molecule has 1 unspecified atom stereocenters. The summed E-state index contributed by atoms with van der Waals surface area (Å²) in [6.45, 7) is 0.351. The predicted molar refractivity (Wildman–Crippen MR) is 69.8 cm³/mol. The van der Waals surface area contributed by atoms with E-state index < -0.39 is 29.4 Å². The molecule has 2 amide bonds. The van der Waals surface area contributed by atoms with E-state index in [1.807, 2.05) is 0 Å². The fourth-order valence-corrected chi connectivity index (χ4v) is 2.64. The third-order valence-electron chi connectivity index (χ3n) is 3.81. The maximum Gasteiger partial charge on any atom is 0.418 e. The van der Waals surface area contributed by atoms with E-state index in [4.69, 9.17) is 0 Å². The first-order valence-corrected chi connectivity index (χ1v) is 6.99. The Morgan fingerprint density at radius 3 is 2.73 bits per heavy atom. The molecule has 1 saturated heterocycles. The number of amides is 2. The Morgan fingerprint density at radius 1 is 1.36 bits per heavy atom. The number of rotatable bonds is 3. The van der Waals surface area contributed by atoms with Gasteiger partial charge in [-0.05, 0) is 25.0 Å². The van der Waals surface area contributed by atoms with Crippen LogP contribution in [-0.2, 0) is 11.0 Å². The van der Waals surface area contributed by atoms with E-state index >= 15 is 0 Å². The SMILES string of the molecule is O=C(NC1CC(=O)N(C2CC2)C1)c1ncccc1C(F)(F)F. The number of hydrogen-bond acceptors (Lipinski definition) is 3. The lowest BCUT2D eigenvalue weighted by molar-refractivity contribution is -0.138. The predicted octanol–water partition coefficient (Wildman–Crippen LogP) is 1.59. The molecular formula is C14H14F3N3O2. The van der Waals surface area contributed by atoms with E-state index in [0.717, 1.165) is 31.2 Å². The van der Waals surface area contributed by atoms with Gasteiger partial charge < -0.3 is 10.2 Å². The number of halogens is 3. The summed E-state index contributed by atoms with van der Waals surface area (Å²) in [6.07, 6.45) is -1.49. The number of nitrogens with one attached hydrogen (secondary N) is 1. The van der Waals surface area contributed by atoms with Gasteiger partial charge in [0.25, 0.3) is 5.91 Å². The first kappa shape index (κ1) is 14.8. The molecule has 1 aliphatic heterocycles. The fraction of sp³-hybridized carbons (Fsp3) is 0.500. The van der Waals surface area contributed by atoms with Crippen LogP contribution in [0.2, 0.25) is 0 Å². The monoisotopic (exact) mass is 313 g/mol. The summed E-state index contributed by atoms with van der Waals surface area (Å²) >= 11 is 0. The molecule has 1 saturated carbocycles. The largest absolute Gasteiger partial charge is 0.418 e. The second kappa shape index (κ2) is 5.26. The van der Waals surface area contributed by atoms with Crippen LogP contribution in [0.25, 0.3) is 0 Å². The molecule has 1 aromatic heterocycles. The summed E-state index contributed by atoms with van der Waals surface area (Å²) in [5.74, 6) is -0.965. The van der Waals surface area contributed by atoms with E-state index in [0.29, 0.717) is 6.54 Å². The van der Waals surface area contributed by atoms with Crippen molar-refractivity contribution in [3.63, 3.8) is 0 Å². The van der Waals surface area contributed by atoms with Crippen LogP contribution >= 0.6 is 0 Å². The molecular weight excluding hydrogens is 299 g/mol. The third-order valence-corrected chi connectivity index (χ3v) is 3.81. The summed E-state index contributed by atoms with van der Waals surface area (Å²) in [5.41, 5.74) is -1.73. The van der Waals surface area contributed by atoms with Gasteiger partial charge in [-0.3, -0.25) is 14.6 Å². The smallest absolute Gasteiger partial charge is 0.346 e. The van der Waals surface area contributed by atoms with Gasteiger partial charge >= 0.3 is 6.18 Å². The number of hydrogen-bond donors (Lipinski definition) is 1. The topological polar surface area (TPSA) is 62.3 Å². The summed E-state index contributed by atoms with van der Waals surface area (Å²) in [4.78, 5) is 29.1. The molecule has 1 aliphatic carbocycles. The van der Waals surface area contributed by atoms with Crippen LogP contribution in [0, 0.1) is 0 Å². The number of carbonyl (C=O) groups is 2. The second-order valence-electron chi connectivity index (χ2n) is 5.55. The van der Waals surface area contributed by atoms with E-state index in [2.05, 4.69) is 10.3 Å². The van der Waals surface area contributed by atoms with Crippen LogP contribution in [-0.4, -0.2) is 40.3 Å². The van der Waals surface area contributed by atoms with Crippen molar-refractivity contribution in [1.82, 2.24) is 15.2 Å². The molecule has 1 atom stereocenters. The molecule has 3 rings (SSSR count). The highest BCUT2D eigenvalue weighted by Gasteiger charge is 2.41. The molecule has 0 spiro atoms. The van der Waals surface area contributed by atoms with Gasteiger partial charge in [-0.25, -0.2) is 0 Å². The van der Waals surface area contributed by atoms with E-state index in [1.54, 1.807) is 4.90 Å².